The maximum Gasteiger partial charge on any atom is 0.433 e. The fourth-order valence-electron chi connectivity index (χ4n) is 2.47. The third kappa shape index (κ3) is 4.07. The van der Waals surface area contributed by atoms with E-state index in [0.29, 0.717) is 12.0 Å². The zero-order chi connectivity index (χ0) is 15.5. The molecular formula is C14H19F3N2O2. The fourth-order valence-corrected chi connectivity index (χ4v) is 2.47. The maximum absolute atomic E-state index is 12.7. The van der Waals surface area contributed by atoms with E-state index in [0.717, 1.165) is 25.3 Å². The Kier molecular flexibility index (Phi) is 5.05. The zero-order valence-corrected chi connectivity index (χ0v) is 11.8. The van der Waals surface area contributed by atoms with Crippen LogP contribution < -0.4 is 10.5 Å². The van der Waals surface area contributed by atoms with Gasteiger partial charge in [-0.25, -0.2) is 4.98 Å². The highest BCUT2D eigenvalue weighted by molar-refractivity contribution is 5.29. The van der Waals surface area contributed by atoms with Gasteiger partial charge in [-0.2, -0.15) is 13.2 Å². The minimum absolute atomic E-state index is 0.0194. The Morgan fingerprint density at radius 1 is 1.29 bits per heavy atom. The van der Waals surface area contributed by atoms with Crippen LogP contribution in [0.5, 0.6) is 5.88 Å². The lowest BCUT2D eigenvalue weighted by Gasteiger charge is -2.29. The monoisotopic (exact) mass is 304 g/mol. The number of nitrogens with zero attached hydrogens (tertiary/aromatic N) is 1. The van der Waals surface area contributed by atoms with Crippen LogP contribution in [0.25, 0.3) is 0 Å². The molecule has 1 fully saturated rings. The van der Waals surface area contributed by atoms with E-state index >= 15 is 0 Å². The van der Waals surface area contributed by atoms with Crippen LogP contribution in [0.1, 0.15) is 36.9 Å². The van der Waals surface area contributed by atoms with Crippen LogP contribution in [0, 0.1) is 0 Å². The number of aromatic nitrogens is 1. The molecule has 0 aliphatic heterocycles. The second-order valence-corrected chi connectivity index (χ2v) is 5.13. The van der Waals surface area contributed by atoms with Crippen molar-refractivity contribution in [3.8, 4) is 5.88 Å². The molecule has 2 atom stereocenters. The van der Waals surface area contributed by atoms with Crippen molar-refractivity contribution >= 4 is 0 Å². The lowest BCUT2D eigenvalue weighted by Crippen LogP contribution is -2.30. The molecule has 2 unspecified atom stereocenters. The summed E-state index contributed by atoms with van der Waals surface area (Å²) in [6.45, 7) is 0.0842. The van der Waals surface area contributed by atoms with Crippen LogP contribution in [0.2, 0.25) is 0 Å². The predicted octanol–water partition coefficient (Wildman–Crippen LogP) is 2.90. The first-order valence-corrected chi connectivity index (χ1v) is 6.90. The topological polar surface area (TPSA) is 57.4 Å². The van der Waals surface area contributed by atoms with Crippen molar-refractivity contribution in [3.05, 3.63) is 23.4 Å². The number of nitrogens with two attached hydrogens (primary N) is 1. The molecule has 118 valence electrons. The van der Waals surface area contributed by atoms with Crippen molar-refractivity contribution < 1.29 is 22.6 Å². The van der Waals surface area contributed by atoms with Crippen LogP contribution in [-0.2, 0) is 17.5 Å². The summed E-state index contributed by atoms with van der Waals surface area (Å²) >= 11 is 0. The van der Waals surface area contributed by atoms with Crippen molar-refractivity contribution in [2.45, 2.75) is 50.6 Å². The van der Waals surface area contributed by atoms with Crippen LogP contribution >= 0.6 is 0 Å². The largest absolute Gasteiger partial charge is 0.474 e. The number of hydrogen-bond donors (Lipinski definition) is 1. The molecule has 0 bridgehead atoms. The molecule has 0 amide bonds. The molecule has 2 N–H and O–H groups in total. The van der Waals surface area contributed by atoms with Gasteiger partial charge in [-0.15, -0.1) is 0 Å². The SMILES string of the molecule is COC1CCCC(Oc2nc(C(F)(F)F)ccc2CN)C1. The third-order valence-electron chi connectivity index (χ3n) is 3.64. The van der Waals surface area contributed by atoms with Gasteiger partial charge in [0, 0.05) is 25.6 Å². The Balaban J connectivity index is 2.17. The maximum atomic E-state index is 12.7. The summed E-state index contributed by atoms with van der Waals surface area (Å²) in [5.41, 5.74) is 5.05. The molecule has 2 rings (SSSR count). The van der Waals surface area contributed by atoms with Crippen LogP contribution in [-0.4, -0.2) is 24.3 Å². The fraction of sp³-hybridized carbons (Fsp3) is 0.643. The Labute approximate surface area is 121 Å². The number of halogens is 3. The Bertz CT molecular complexity index is 480. The van der Waals surface area contributed by atoms with Gasteiger partial charge in [0.1, 0.15) is 11.8 Å². The van der Waals surface area contributed by atoms with Crippen molar-refractivity contribution in [2.75, 3.05) is 7.11 Å². The molecule has 0 radical (unpaired) electrons. The van der Waals surface area contributed by atoms with Gasteiger partial charge < -0.3 is 15.2 Å². The summed E-state index contributed by atoms with van der Waals surface area (Å²) in [5, 5.41) is 0. The normalized spacial score (nSPS) is 23.1. The summed E-state index contributed by atoms with van der Waals surface area (Å²) in [7, 11) is 1.63. The van der Waals surface area contributed by atoms with Gasteiger partial charge in [0.2, 0.25) is 5.88 Å². The molecule has 0 aromatic carbocycles. The highest BCUT2D eigenvalue weighted by Crippen LogP contribution is 2.32. The van der Waals surface area contributed by atoms with Gasteiger partial charge in [-0.05, 0) is 25.3 Å². The van der Waals surface area contributed by atoms with Crippen LogP contribution in [0.3, 0.4) is 0 Å². The average molecular weight is 304 g/mol. The molecule has 0 spiro atoms. The number of methoxy groups -OCH3 is 1. The van der Waals surface area contributed by atoms with Crippen molar-refractivity contribution in [3.63, 3.8) is 0 Å². The summed E-state index contributed by atoms with van der Waals surface area (Å²) < 4.78 is 49.2. The molecule has 1 saturated carbocycles. The minimum Gasteiger partial charge on any atom is -0.474 e. The Hall–Kier alpha value is -1.34. The van der Waals surface area contributed by atoms with Crippen molar-refractivity contribution in [2.24, 2.45) is 5.73 Å². The molecular weight excluding hydrogens is 285 g/mol. The number of rotatable bonds is 4. The van der Waals surface area contributed by atoms with E-state index in [1.165, 1.54) is 6.07 Å². The van der Waals surface area contributed by atoms with E-state index < -0.39 is 11.9 Å². The Morgan fingerprint density at radius 3 is 2.62 bits per heavy atom. The van der Waals surface area contributed by atoms with E-state index in [-0.39, 0.29) is 24.6 Å². The number of ether oxygens (including phenoxy) is 2. The first kappa shape index (κ1) is 16.0. The van der Waals surface area contributed by atoms with E-state index in [9.17, 15) is 13.2 Å². The molecule has 1 aromatic rings. The highest BCUT2D eigenvalue weighted by atomic mass is 19.4. The van der Waals surface area contributed by atoms with Gasteiger partial charge in [0.05, 0.1) is 6.10 Å². The molecule has 1 aliphatic carbocycles. The summed E-state index contributed by atoms with van der Waals surface area (Å²) in [5.74, 6) is -0.0194. The van der Waals surface area contributed by atoms with E-state index in [4.69, 9.17) is 15.2 Å². The lowest BCUT2D eigenvalue weighted by atomic mass is 9.95. The molecule has 1 aromatic heterocycles. The molecule has 4 nitrogen and oxygen atoms in total. The summed E-state index contributed by atoms with van der Waals surface area (Å²) in [6.07, 6.45) is -1.32. The van der Waals surface area contributed by atoms with Gasteiger partial charge in [-0.3, -0.25) is 0 Å². The van der Waals surface area contributed by atoms with E-state index in [1.807, 2.05) is 0 Å². The first-order valence-electron chi connectivity index (χ1n) is 6.90. The van der Waals surface area contributed by atoms with Gasteiger partial charge >= 0.3 is 6.18 Å². The minimum atomic E-state index is -4.49. The zero-order valence-electron chi connectivity index (χ0n) is 11.8. The number of alkyl halides is 3. The second kappa shape index (κ2) is 6.62. The molecule has 0 saturated heterocycles. The molecule has 1 aliphatic rings. The summed E-state index contributed by atoms with van der Waals surface area (Å²) in [6, 6.07) is 2.25. The standard InChI is InChI=1S/C14H19F3N2O2/c1-20-10-3-2-4-11(7-10)21-13-9(8-18)5-6-12(19-13)14(15,16)17/h5-6,10-11H,2-4,7-8,18H2,1H3. The molecule has 7 heteroatoms. The lowest BCUT2D eigenvalue weighted by molar-refractivity contribution is -0.141. The predicted molar refractivity (Wildman–Crippen MR) is 70.8 cm³/mol. The highest BCUT2D eigenvalue weighted by Gasteiger charge is 2.33. The van der Waals surface area contributed by atoms with E-state index in [1.54, 1.807) is 7.11 Å². The van der Waals surface area contributed by atoms with E-state index in [2.05, 4.69) is 4.98 Å². The Morgan fingerprint density at radius 2 is 2.00 bits per heavy atom. The first-order chi connectivity index (χ1) is 9.94. The smallest absolute Gasteiger partial charge is 0.433 e. The van der Waals surface area contributed by atoms with Crippen molar-refractivity contribution in [1.29, 1.82) is 0 Å². The van der Waals surface area contributed by atoms with Crippen LogP contribution in [0.4, 0.5) is 13.2 Å². The molecule has 1 heterocycles. The van der Waals surface area contributed by atoms with Gasteiger partial charge in [0.15, 0.2) is 0 Å². The van der Waals surface area contributed by atoms with Gasteiger partial charge in [0.25, 0.3) is 0 Å². The molecule has 21 heavy (non-hydrogen) atoms. The third-order valence-corrected chi connectivity index (χ3v) is 3.64. The number of hydrogen-bond acceptors (Lipinski definition) is 4. The van der Waals surface area contributed by atoms with Crippen LogP contribution in [0.15, 0.2) is 12.1 Å². The quantitative estimate of drug-likeness (QED) is 0.929. The second-order valence-electron chi connectivity index (χ2n) is 5.13. The van der Waals surface area contributed by atoms with Gasteiger partial charge in [-0.1, -0.05) is 6.07 Å². The summed E-state index contributed by atoms with van der Waals surface area (Å²) in [4.78, 5) is 3.59. The average Bonchev–Trinajstić information content (AvgIpc) is 2.46. The van der Waals surface area contributed by atoms with Crippen molar-refractivity contribution in [1.82, 2.24) is 4.98 Å². The number of pyridine rings is 1.